The Bertz CT molecular complexity index is 1090. The number of H-pyrrole nitrogens is 1. The summed E-state index contributed by atoms with van der Waals surface area (Å²) in [5.41, 5.74) is 2.33. The maximum absolute atomic E-state index is 14.4. The Balaban J connectivity index is 1.74. The second kappa shape index (κ2) is 6.30. The van der Waals surface area contributed by atoms with Crippen LogP contribution in [0.5, 0.6) is 0 Å². The lowest BCUT2D eigenvalue weighted by molar-refractivity contribution is 0.230. The number of aryl methyl sites for hydroxylation is 1. The van der Waals surface area contributed by atoms with Crippen LogP contribution < -0.4 is 10.9 Å². The Labute approximate surface area is 158 Å². The smallest absolute Gasteiger partial charge is 0.267 e. The highest BCUT2D eigenvalue weighted by Crippen LogP contribution is 2.46. The van der Waals surface area contributed by atoms with Gasteiger partial charge in [0.1, 0.15) is 24.1 Å². The lowest BCUT2D eigenvalue weighted by atomic mass is 9.75. The molecule has 28 heavy (non-hydrogen) atoms. The quantitative estimate of drug-likeness (QED) is 0.704. The lowest BCUT2D eigenvalue weighted by Gasteiger charge is -2.41. The van der Waals surface area contributed by atoms with Gasteiger partial charge in [0, 0.05) is 36.7 Å². The summed E-state index contributed by atoms with van der Waals surface area (Å²) in [5, 5.41) is 14.5. The van der Waals surface area contributed by atoms with Crippen molar-refractivity contribution in [3.8, 4) is 0 Å². The standard InChI is InChI=1S/C19H18F2N6O/c1-27-18(22-8-23-27)15-16(9-2-4-10(20)5-3-9)24-13-7-11(21)6-12-14(13)17(15)25-26-19(12)28/h2-5,8,11,13,15-16,24H,6-7H2,1H3,(H,26,28). The van der Waals surface area contributed by atoms with Crippen LogP contribution in [0.1, 0.15) is 52.6 Å². The zero-order valence-corrected chi connectivity index (χ0v) is 15.1. The first-order valence-corrected chi connectivity index (χ1v) is 9.13. The fourth-order valence-corrected chi connectivity index (χ4v) is 4.46. The molecule has 4 atom stereocenters. The van der Waals surface area contributed by atoms with E-state index in [1.54, 1.807) is 23.9 Å². The van der Waals surface area contributed by atoms with E-state index in [4.69, 9.17) is 0 Å². The van der Waals surface area contributed by atoms with Crippen LogP contribution in [0.4, 0.5) is 8.78 Å². The Kier molecular flexibility index (Phi) is 3.87. The molecular weight excluding hydrogens is 366 g/mol. The van der Waals surface area contributed by atoms with Gasteiger partial charge < -0.3 is 5.32 Å². The highest BCUT2D eigenvalue weighted by molar-refractivity contribution is 5.44. The molecule has 9 heteroatoms. The van der Waals surface area contributed by atoms with Crippen molar-refractivity contribution in [2.24, 2.45) is 7.05 Å². The lowest BCUT2D eigenvalue weighted by Crippen LogP contribution is -2.44. The minimum atomic E-state index is -1.11. The predicted octanol–water partition coefficient (Wildman–Crippen LogP) is 1.84. The van der Waals surface area contributed by atoms with Crippen LogP contribution >= 0.6 is 0 Å². The summed E-state index contributed by atoms with van der Waals surface area (Å²) in [6, 6.07) is 5.52. The van der Waals surface area contributed by atoms with Gasteiger partial charge in [-0.2, -0.15) is 10.2 Å². The van der Waals surface area contributed by atoms with E-state index < -0.39 is 6.17 Å². The van der Waals surface area contributed by atoms with E-state index in [9.17, 15) is 13.6 Å². The summed E-state index contributed by atoms with van der Waals surface area (Å²) < 4.78 is 29.5. The molecule has 7 nitrogen and oxygen atoms in total. The summed E-state index contributed by atoms with van der Waals surface area (Å²) in [6.07, 6.45) is 0.680. The van der Waals surface area contributed by atoms with E-state index >= 15 is 0 Å². The van der Waals surface area contributed by atoms with Crippen LogP contribution in [0.25, 0.3) is 0 Å². The van der Waals surface area contributed by atoms with Crippen molar-refractivity contribution in [1.29, 1.82) is 0 Å². The van der Waals surface area contributed by atoms with Crippen LogP contribution in [-0.2, 0) is 13.5 Å². The second-order valence-corrected chi connectivity index (χ2v) is 7.34. The zero-order valence-electron chi connectivity index (χ0n) is 15.1. The third kappa shape index (κ3) is 2.57. The molecule has 0 radical (unpaired) electrons. The number of aromatic amines is 1. The van der Waals surface area contributed by atoms with E-state index in [0.29, 0.717) is 17.1 Å². The van der Waals surface area contributed by atoms with Crippen molar-refractivity contribution in [3.05, 3.63) is 75.0 Å². The molecule has 0 saturated heterocycles. The monoisotopic (exact) mass is 384 g/mol. The molecule has 5 rings (SSSR count). The first kappa shape index (κ1) is 17.2. The molecule has 3 aromatic rings. The molecule has 1 aliphatic heterocycles. The molecule has 1 aliphatic carbocycles. The topological polar surface area (TPSA) is 88.5 Å². The van der Waals surface area contributed by atoms with Crippen molar-refractivity contribution in [2.75, 3.05) is 0 Å². The molecule has 144 valence electrons. The van der Waals surface area contributed by atoms with Gasteiger partial charge in [-0.15, -0.1) is 0 Å². The molecule has 0 amide bonds. The summed E-state index contributed by atoms with van der Waals surface area (Å²) in [4.78, 5) is 16.7. The van der Waals surface area contributed by atoms with Gasteiger partial charge in [0.05, 0.1) is 11.6 Å². The second-order valence-electron chi connectivity index (χ2n) is 7.34. The number of hydrogen-bond acceptors (Lipinski definition) is 5. The summed E-state index contributed by atoms with van der Waals surface area (Å²) >= 11 is 0. The number of benzene rings is 1. The summed E-state index contributed by atoms with van der Waals surface area (Å²) in [5.74, 6) is -0.0400. The van der Waals surface area contributed by atoms with Crippen LogP contribution in [-0.4, -0.2) is 31.1 Å². The average molecular weight is 384 g/mol. The highest BCUT2D eigenvalue weighted by atomic mass is 19.1. The van der Waals surface area contributed by atoms with Gasteiger partial charge in [0.25, 0.3) is 5.56 Å². The number of alkyl halides is 1. The van der Waals surface area contributed by atoms with E-state index in [1.807, 2.05) is 0 Å². The molecular formula is C19H18F2N6O. The van der Waals surface area contributed by atoms with Gasteiger partial charge in [-0.05, 0) is 24.1 Å². The molecule has 4 unspecified atom stereocenters. The number of nitrogens with one attached hydrogen (secondary N) is 2. The number of halogens is 2. The molecule has 3 heterocycles. The van der Waals surface area contributed by atoms with Crippen molar-refractivity contribution in [1.82, 2.24) is 30.3 Å². The largest absolute Gasteiger partial charge is 0.302 e. The minimum Gasteiger partial charge on any atom is -0.302 e. The van der Waals surface area contributed by atoms with Gasteiger partial charge in [-0.1, -0.05) is 12.1 Å². The van der Waals surface area contributed by atoms with Crippen LogP contribution in [0.15, 0.2) is 35.4 Å². The normalized spacial score (nSPS) is 26.1. The van der Waals surface area contributed by atoms with E-state index in [0.717, 1.165) is 11.1 Å². The molecule has 0 spiro atoms. The fraction of sp³-hybridized carbons (Fsp3) is 0.368. The van der Waals surface area contributed by atoms with Gasteiger partial charge in [-0.3, -0.25) is 9.48 Å². The van der Waals surface area contributed by atoms with Gasteiger partial charge in [0.2, 0.25) is 0 Å². The Morgan fingerprint density at radius 3 is 2.75 bits per heavy atom. The molecule has 2 N–H and O–H groups in total. The predicted molar refractivity (Wildman–Crippen MR) is 95.9 cm³/mol. The average Bonchev–Trinajstić information content (AvgIpc) is 3.10. The molecule has 0 bridgehead atoms. The molecule has 1 aromatic carbocycles. The molecule has 2 aromatic heterocycles. The van der Waals surface area contributed by atoms with Crippen molar-refractivity contribution < 1.29 is 8.78 Å². The number of nitrogens with zero attached hydrogens (tertiary/aromatic N) is 4. The fourth-order valence-electron chi connectivity index (χ4n) is 4.46. The first-order chi connectivity index (χ1) is 13.5. The minimum absolute atomic E-state index is 0.0745. The third-order valence-electron chi connectivity index (χ3n) is 5.68. The van der Waals surface area contributed by atoms with E-state index in [-0.39, 0.29) is 42.2 Å². The van der Waals surface area contributed by atoms with Crippen LogP contribution in [0.3, 0.4) is 0 Å². The summed E-state index contributed by atoms with van der Waals surface area (Å²) in [7, 11) is 1.78. The maximum Gasteiger partial charge on any atom is 0.267 e. The molecule has 0 fully saturated rings. The van der Waals surface area contributed by atoms with Crippen LogP contribution in [0.2, 0.25) is 0 Å². The van der Waals surface area contributed by atoms with E-state index in [2.05, 4.69) is 25.6 Å². The molecule has 2 aliphatic rings. The Morgan fingerprint density at radius 1 is 1.25 bits per heavy atom. The van der Waals surface area contributed by atoms with Crippen LogP contribution in [0, 0.1) is 5.82 Å². The Hall–Kier alpha value is -2.94. The van der Waals surface area contributed by atoms with Crippen molar-refractivity contribution in [3.63, 3.8) is 0 Å². The first-order valence-electron chi connectivity index (χ1n) is 9.13. The van der Waals surface area contributed by atoms with Gasteiger partial charge >= 0.3 is 0 Å². The number of aromatic nitrogens is 5. The summed E-state index contributed by atoms with van der Waals surface area (Å²) in [6.45, 7) is 0. The zero-order chi connectivity index (χ0) is 19.4. The Morgan fingerprint density at radius 2 is 2.04 bits per heavy atom. The SMILES string of the molecule is Cn1ncnc1C1c2n[nH]c(=O)c3c2C(CC(F)C3)NC1c1ccc(F)cc1. The van der Waals surface area contributed by atoms with Gasteiger partial charge in [0.15, 0.2) is 0 Å². The van der Waals surface area contributed by atoms with E-state index in [1.165, 1.54) is 18.5 Å². The highest BCUT2D eigenvalue weighted by Gasteiger charge is 2.44. The maximum atomic E-state index is 14.4. The molecule has 0 saturated carbocycles. The van der Waals surface area contributed by atoms with Gasteiger partial charge in [-0.25, -0.2) is 18.9 Å². The number of rotatable bonds is 2. The number of hydrogen-bond donors (Lipinski definition) is 2. The third-order valence-corrected chi connectivity index (χ3v) is 5.68. The van der Waals surface area contributed by atoms with Crippen molar-refractivity contribution in [2.45, 2.75) is 37.0 Å². The van der Waals surface area contributed by atoms with Crippen molar-refractivity contribution >= 4 is 0 Å².